The number of hydrogen-bond acceptors (Lipinski definition) is 2. The molecule has 19 heavy (non-hydrogen) atoms. The Labute approximate surface area is 112 Å². The van der Waals surface area contributed by atoms with Gasteiger partial charge in [-0.2, -0.15) is 0 Å². The molecule has 0 amide bonds. The van der Waals surface area contributed by atoms with Gasteiger partial charge in [-0.15, -0.1) is 0 Å². The summed E-state index contributed by atoms with van der Waals surface area (Å²) >= 11 is 0. The van der Waals surface area contributed by atoms with Crippen molar-refractivity contribution in [1.29, 1.82) is 0 Å². The molecule has 3 nitrogen and oxygen atoms in total. The van der Waals surface area contributed by atoms with Crippen molar-refractivity contribution in [3.05, 3.63) is 52.1 Å². The fraction of sp³-hybridized carbons (Fsp3) is 0.375. The molecule has 1 aromatic heterocycles. The molecule has 1 saturated carbocycles. The maximum Gasteiger partial charge on any atom is 0.251 e. The molecule has 0 spiro atoms. The predicted octanol–water partition coefficient (Wildman–Crippen LogP) is 3.27. The van der Waals surface area contributed by atoms with Crippen LogP contribution in [0.3, 0.4) is 0 Å². The molecular formula is C16H18N2O. The second kappa shape index (κ2) is 5.00. The smallest absolute Gasteiger partial charge is 0.251 e. The lowest BCUT2D eigenvalue weighted by Gasteiger charge is -2.05. The number of aryl methyl sites for hydroxylation is 1. The van der Waals surface area contributed by atoms with E-state index in [4.69, 9.17) is 0 Å². The number of hydrogen-bond donors (Lipinski definition) is 1. The van der Waals surface area contributed by atoms with Crippen molar-refractivity contribution in [2.45, 2.75) is 38.5 Å². The summed E-state index contributed by atoms with van der Waals surface area (Å²) in [6.45, 7) is 2.17. The van der Waals surface area contributed by atoms with E-state index < -0.39 is 0 Å². The van der Waals surface area contributed by atoms with Crippen LogP contribution in [0.5, 0.6) is 0 Å². The average Bonchev–Trinajstić information content (AvgIpc) is 3.23. The number of aromatic amines is 1. The molecule has 1 aliphatic carbocycles. The van der Waals surface area contributed by atoms with Crippen LogP contribution in [0.2, 0.25) is 0 Å². The zero-order valence-electron chi connectivity index (χ0n) is 11.1. The molecule has 1 heterocycles. The lowest BCUT2D eigenvalue weighted by molar-refractivity contribution is 0.910. The third-order valence-electron chi connectivity index (χ3n) is 3.51. The van der Waals surface area contributed by atoms with Crippen LogP contribution in [0.15, 0.2) is 35.1 Å². The first kappa shape index (κ1) is 12.2. The minimum absolute atomic E-state index is 0.0514. The number of aromatic nitrogens is 2. The number of nitrogens with one attached hydrogen (secondary N) is 1. The van der Waals surface area contributed by atoms with E-state index in [1.807, 2.05) is 0 Å². The zero-order chi connectivity index (χ0) is 13.2. The summed E-state index contributed by atoms with van der Waals surface area (Å²) in [6, 6.07) is 9.95. The highest BCUT2D eigenvalue weighted by Crippen LogP contribution is 2.37. The number of benzene rings is 1. The first-order valence-corrected chi connectivity index (χ1v) is 6.97. The number of nitrogens with zero attached hydrogens (tertiary/aromatic N) is 1. The zero-order valence-corrected chi connectivity index (χ0v) is 11.1. The van der Waals surface area contributed by atoms with E-state index >= 15 is 0 Å². The third kappa shape index (κ3) is 2.75. The summed E-state index contributed by atoms with van der Waals surface area (Å²) in [6.07, 6.45) is 4.52. The molecule has 0 aliphatic heterocycles. The van der Waals surface area contributed by atoms with E-state index in [9.17, 15) is 4.79 Å². The van der Waals surface area contributed by atoms with Crippen molar-refractivity contribution >= 4 is 0 Å². The molecule has 1 aromatic carbocycles. The van der Waals surface area contributed by atoms with Crippen LogP contribution >= 0.6 is 0 Å². The Hall–Kier alpha value is -1.90. The Morgan fingerprint density at radius 2 is 2.00 bits per heavy atom. The summed E-state index contributed by atoms with van der Waals surface area (Å²) in [5.41, 5.74) is 3.09. The van der Waals surface area contributed by atoms with Gasteiger partial charge in [0.05, 0.1) is 5.69 Å². The highest BCUT2D eigenvalue weighted by atomic mass is 16.1. The lowest BCUT2D eigenvalue weighted by Crippen LogP contribution is -2.10. The van der Waals surface area contributed by atoms with Gasteiger partial charge in [0, 0.05) is 17.5 Å². The van der Waals surface area contributed by atoms with E-state index in [0.717, 1.165) is 42.8 Å². The minimum Gasteiger partial charge on any atom is -0.310 e. The van der Waals surface area contributed by atoms with Gasteiger partial charge in [-0.3, -0.25) is 4.79 Å². The van der Waals surface area contributed by atoms with E-state index in [2.05, 4.69) is 41.2 Å². The standard InChI is InChI=1S/C16H18N2O/c1-2-3-11-4-6-12(7-5-11)14-10-15(19)18-16(17-14)13-8-9-13/h4-7,10,13H,2-3,8-9H2,1H3,(H,17,18,19). The highest BCUT2D eigenvalue weighted by Gasteiger charge is 2.26. The van der Waals surface area contributed by atoms with E-state index in [0.29, 0.717) is 5.92 Å². The molecule has 2 aromatic rings. The van der Waals surface area contributed by atoms with Gasteiger partial charge < -0.3 is 4.98 Å². The van der Waals surface area contributed by atoms with Gasteiger partial charge in [-0.05, 0) is 24.8 Å². The molecule has 1 fully saturated rings. The molecule has 3 rings (SSSR count). The number of H-pyrrole nitrogens is 1. The fourth-order valence-corrected chi connectivity index (χ4v) is 2.31. The molecule has 1 aliphatic rings. The van der Waals surface area contributed by atoms with Crippen LogP contribution in [0.1, 0.15) is 43.5 Å². The van der Waals surface area contributed by atoms with Gasteiger partial charge in [-0.25, -0.2) is 4.98 Å². The van der Waals surface area contributed by atoms with Crippen LogP contribution in [-0.4, -0.2) is 9.97 Å². The summed E-state index contributed by atoms with van der Waals surface area (Å²) in [5, 5.41) is 0. The first-order chi connectivity index (χ1) is 9.26. The molecule has 1 N–H and O–H groups in total. The van der Waals surface area contributed by atoms with Gasteiger partial charge in [0.1, 0.15) is 5.82 Å². The second-order valence-corrected chi connectivity index (χ2v) is 5.24. The Bertz CT molecular complexity index is 624. The molecule has 0 unspecified atom stereocenters. The minimum atomic E-state index is -0.0514. The van der Waals surface area contributed by atoms with Crippen LogP contribution in [0.4, 0.5) is 0 Å². The molecule has 0 atom stereocenters. The topological polar surface area (TPSA) is 45.8 Å². The fourth-order valence-electron chi connectivity index (χ4n) is 2.31. The third-order valence-corrected chi connectivity index (χ3v) is 3.51. The highest BCUT2D eigenvalue weighted by molar-refractivity contribution is 5.59. The Balaban J connectivity index is 1.94. The molecule has 3 heteroatoms. The van der Waals surface area contributed by atoms with Gasteiger partial charge >= 0.3 is 0 Å². The summed E-state index contributed by atoms with van der Waals surface area (Å²) in [5.74, 6) is 1.31. The SMILES string of the molecule is CCCc1ccc(-c2cc(=O)[nH]c(C3CC3)n2)cc1. The van der Waals surface area contributed by atoms with Gasteiger partial charge in [0.15, 0.2) is 0 Å². The van der Waals surface area contributed by atoms with Gasteiger partial charge in [-0.1, -0.05) is 37.6 Å². The van der Waals surface area contributed by atoms with Crippen molar-refractivity contribution in [3.63, 3.8) is 0 Å². The van der Waals surface area contributed by atoms with Crippen LogP contribution in [0.25, 0.3) is 11.3 Å². The second-order valence-electron chi connectivity index (χ2n) is 5.24. The monoisotopic (exact) mass is 254 g/mol. The molecule has 98 valence electrons. The number of rotatable bonds is 4. The van der Waals surface area contributed by atoms with Crippen molar-refractivity contribution in [2.75, 3.05) is 0 Å². The summed E-state index contributed by atoms with van der Waals surface area (Å²) in [4.78, 5) is 19.1. The lowest BCUT2D eigenvalue weighted by atomic mass is 10.1. The normalized spacial score (nSPS) is 14.6. The van der Waals surface area contributed by atoms with E-state index in [1.54, 1.807) is 6.07 Å². The van der Waals surface area contributed by atoms with E-state index in [-0.39, 0.29) is 5.56 Å². The predicted molar refractivity (Wildman–Crippen MR) is 76.3 cm³/mol. The first-order valence-electron chi connectivity index (χ1n) is 6.97. The van der Waals surface area contributed by atoms with Gasteiger partial charge in [0.2, 0.25) is 0 Å². The van der Waals surface area contributed by atoms with Crippen LogP contribution in [-0.2, 0) is 6.42 Å². The molecule has 0 radical (unpaired) electrons. The molecular weight excluding hydrogens is 236 g/mol. The van der Waals surface area contributed by atoms with Crippen molar-refractivity contribution in [3.8, 4) is 11.3 Å². The molecule has 0 saturated heterocycles. The van der Waals surface area contributed by atoms with Crippen molar-refractivity contribution in [1.82, 2.24) is 9.97 Å². The van der Waals surface area contributed by atoms with Gasteiger partial charge in [0.25, 0.3) is 5.56 Å². The quantitative estimate of drug-likeness (QED) is 0.910. The summed E-state index contributed by atoms with van der Waals surface area (Å²) in [7, 11) is 0. The Kier molecular flexibility index (Phi) is 3.20. The van der Waals surface area contributed by atoms with Crippen LogP contribution in [0, 0.1) is 0 Å². The van der Waals surface area contributed by atoms with E-state index in [1.165, 1.54) is 5.56 Å². The average molecular weight is 254 g/mol. The van der Waals surface area contributed by atoms with Crippen molar-refractivity contribution < 1.29 is 0 Å². The Morgan fingerprint density at radius 3 is 2.63 bits per heavy atom. The Morgan fingerprint density at radius 1 is 1.26 bits per heavy atom. The molecule has 0 bridgehead atoms. The summed E-state index contributed by atoms with van der Waals surface area (Å²) < 4.78 is 0. The maximum absolute atomic E-state index is 11.7. The maximum atomic E-state index is 11.7. The largest absolute Gasteiger partial charge is 0.310 e. The van der Waals surface area contributed by atoms with Crippen LogP contribution < -0.4 is 5.56 Å². The van der Waals surface area contributed by atoms with Crippen molar-refractivity contribution in [2.24, 2.45) is 0 Å².